The Labute approximate surface area is 186 Å². The van der Waals surface area contributed by atoms with E-state index in [-0.39, 0.29) is 5.91 Å². The summed E-state index contributed by atoms with van der Waals surface area (Å²) >= 11 is 3.47. The molecule has 0 saturated carbocycles. The van der Waals surface area contributed by atoms with Crippen LogP contribution in [-0.2, 0) is 24.2 Å². The molecule has 1 aromatic heterocycles. The van der Waals surface area contributed by atoms with E-state index >= 15 is 0 Å². The van der Waals surface area contributed by atoms with E-state index in [1.807, 2.05) is 42.5 Å². The Morgan fingerprint density at radius 2 is 1.90 bits per heavy atom. The number of nitrogens with one attached hydrogen (secondary N) is 1. The van der Waals surface area contributed by atoms with Gasteiger partial charge in [0.15, 0.2) is 0 Å². The number of halogens is 1. The molecule has 5 nitrogen and oxygen atoms in total. The Morgan fingerprint density at radius 3 is 2.63 bits per heavy atom. The molecule has 0 unspecified atom stereocenters. The topological polar surface area (TPSA) is 56.2 Å². The fourth-order valence-electron chi connectivity index (χ4n) is 3.47. The number of fused-ring (bicyclic) bond motifs is 1. The van der Waals surface area contributed by atoms with Crippen LogP contribution in [0, 0.1) is 0 Å². The third-order valence-corrected chi connectivity index (χ3v) is 5.24. The molecule has 0 radical (unpaired) electrons. The van der Waals surface area contributed by atoms with Crippen molar-refractivity contribution in [2.24, 2.45) is 0 Å². The van der Waals surface area contributed by atoms with Crippen LogP contribution in [0.4, 0.5) is 0 Å². The van der Waals surface area contributed by atoms with Crippen LogP contribution in [0.15, 0.2) is 59.6 Å². The molecule has 2 aromatic carbocycles. The van der Waals surface area contributed by atoms with Gasteiger partial charge in [0, 0.05) is 17.4 Å². The number of carbonyl (C=O) groups is 1. The molecule has 1 amide bonds. The lowest BCUT2D eigenvalue weighted by Crippen LogP contribution is -2.26. The minimum atomic E-state index is 0.0535. The van der Waals surface area contributed by atoms with E-state index in [0.29, 0.717) is 13.0 Å². The summed E-state index contributed by atoms with van der Waals surface area (Å²) in [7, 11) is 1.63. The number of methoxy groups -OCH3 is 1. The highest BCUT2D eigenvalue weighted by Gasteiger charge is 2.10. The van der Waals surface area contributed by atoms with Gasteiger partial charge in [0.1, 0.15) is 11.6 Å². The molecule has 3 rings (SSSR count). The minimum absolute atomic E-state index is 0.0535. The summed E-state index contributed by atoms with van der Waals surface area (Å²) in [5.74, 6) is 1.94. The predicted octanol–water partition coefficient (Wildman–Crippen LogP) is 5.03. The van der Waals surface area contributed by atoms with Crippen LogP contribution in [0.3, 0.4) is 0 Å². The lowest BCUT2D eigenvalue weighted by molar-refractivity contribution is -0.120. The van der Waals surface area contributed by atoms with Gasteiger partial charge in [0.25, 0.3) is 0 Å². The lowest BCUT2D eigenvalue weighted by Gasteiger charge is -2.09. The van der Waals surface area contributed by atoms with Gasteiger partial charge < -0.3 is 14.6 Å². The highest BCUT2D eigenvalue weighted by Crippen LogP contribution is 2.20. The molecule has 0 aliphatic heterocycles. The van der Waals surface area contributed by atoms with E-state index < -0.39 is 0 Å². The zero-order valence-corrected chi connectivity index (χ0v) is 19.0. The Kier molecular flexibility index (Phi) is 8.08. The molecule has 0 saturated heterocycles. The molecule has 0 aliphatic carbocycles. The first-order valence-corrected chi connectivity index (χ1v) is 11.0. The number of para-hydroxylation sites is 2. The number of hydrogen-bond donors (Lipinski definition) is 1. The second kappa shape index (κ2) is 11.0. The Balaban J connectivity index is 1.41. The molecular formula is C24H28BrN3O2. The van der Waals surface area contributed by atoms with Crippen LogP contribution in [0.25, 0.3) is 11.0 Å². The van der Waals surface area contributed by atoms with E-state index in [1.165, 1.54) is 0 Å². The van der Waals surface area contributed by atoms with Crippen molar-refractivity contribution in [3.05, 3.63) is 71.0 Å². The SMILES string of the molecule is C=C(Br)Cn1c(CCCCCNC(=O)Cc2ccc(OC)cc2)nc2ccccc21. The van der Waals surface area contributed by atoms with Crippen LogP contribution in [0.1, 0.15) is 30.7 Å². The zero-order chi connectivity index (χ0) is 21.3. The fourth-order valence-corrected chi connectivity index (χ4v) is 3.72. The first-order chi connectivity index (χ1) is 14.6. The number of imidazole rings is 1. The summed E-state index contributed by atoms with van der Waals surface area (Å²) in [6.45, 7) is 5.39. The molecule has 0 fully saturated rings. The molecule has 1 heterocycles. The number of allylic oxidation sites excluding steroid dienone is 1. The molecule has 3 aromatic rings. The van der Waals surface area contributed by atoms with Gasteiger partial charge in [-0.05, 0) is 42.7 Å². The monoisotopic (exact) mass is 469 g/mol. The smallest absolute Gasteiger partial charge is 0.224 e. The van der Waals surface area contributed by atoms with Crippen molar-refractivity contribution in [1.29, 1.82) is 0 Å². The average molecular weight is 470 g/mol. The van der Waals surface area contributed by atoms with E-state index in [1.54, 1.807) is 7.11 Å². The molecule has 30 heavy (non-hydrogen) atoms. The molecule has 0 bridgehead atoms. The van der Waals surface area contributed by atoms with Crippen LogP contribution < -0.4 is 10.1 Å². The summed E-state index contributed by atoms with van der Waals surface area (Å²) in [4.78, 5) is 16.9. The second-order valence-corrected chi connectivity index (χ2v) is 8.43. The average Bonchev–Trinajstić information content (AvgIpc) is 3.08. The van der Waals surface area contributed by atoms with Gasteiger partial charge in [0.2, 0.25) is 5.91 Å². The van der Waals surface area contributed by atoms with E-state index in [9.17, 15) is 4.79 Å². The predicted molar refractivity (Wildman–Crippen MR) is 125 cm³/mol. The van der Waals surface area contributed by atoms with Crippen molar-refractivity contribution < 1.29 is 9.53 Å². The molecule has 0 atom stereocenters. The number of ether oxygens (including phenoxy) is 1. The summed E-state index contributed by atoms with van der Waals surface area (Å²) in [5.41, 5.74) is 3.14. The highest BCUT2D eigenvalue weighted by molar-refractivity contribution is 9.11. The van der Waals surface area contributed by atoms with Gasteiger partial charge in [0.05, 0.1) is 31.1 Å². The Bertz CT molecular complexity index is 995. The second-order valence-electron chi connectivity index (χ2n) is 7.31. The van der Waals surface area contributed by atoms with Crippen LogP contribution in [-0.4, -0.2) is 29.1 Å². The van der Waals surface area contributed by atoms with Gasteiger partial charge in [-0.25, -0.2) is 4.98 Å². The number of benzene rings is 2. The molecule has 0 aliphatic rings. The highest BCUT2D eigenvalue weighted by atomic mass is 79.9. The van der Waals surface area contributed by atoms with Gasteiger partial charge in [-0.3, -0.25) is 4.79 Å². The number of amides is 1. The minimum Gasteiger partial charge on any atom is -0.497 e. The Hall–Kier alpha value is -2.60. The number of rotatable bonds is 11. The summed E-state index contributed by atoms with van der Waals surface area (Å²) in [6.07, 6.45) is 4.34. The maximum absolute atomic E-state index is 12.1. The van der Waals surface area contributed by atoms with E-state index in [2.05, 4.69) is 38.5 Å². The van der Waals surface area contributed by atoms with Gasteiger partial charge in [-0.2, -0.15) is 0 Å². The molecular weight excluding hydrogens is 442 g/mol. The first kappa shape index (κ1) is 22.1. The molecule has 158 valence electrons. The summed E-state index contributed by atoms with van der Waals surface area (Å²) in [6, 6.07) is 15.8. The summed E-state index contributed by atoms with van der Waals surface area (Å²) in [5, 5.41) is 3.01. The lowest BCUT2D eigenvalue weighted by atomic mass is 10.1. The molecule has 1 N–H and O–H groups in total. The quantitative estimate of drug-likeness (QED) is 0.400. The van der Waals surface area contributed by atoms with Gasteiger partial charge in [-0.15, -0.1) is 0 Å². The third-order valence-electron chi connectivity index (χ3n) is 4.99. The van der Waals surface area contributed by atoms with Gasteiger partial charge >= 0.3 is 0 Å². The number of nitrogens with zero attached hydrogens (tertiary/aromatic N) is 2. The fraction of sp³-hybridized carbons (Fsp3) is 0.333. The van der Waals surface area contributed by atoms with E-state index in [0.717, 1.165) is 64.9 Å². The maximum Gasteiger partial charge on any atom is 0.224 e. The van der Waals surface area contributed by atoms with Crippen LogP contribution >= 0.6 is 15.9 Å². The van der Waals surface area contributed by atoms with Crippen molar-refractivity contribution in [2.75, 3.05) is 13.7 Å². The normalized spacial score (nSPS) is 10.9. The number of aromatic nitrogens is 2. The number of carbonyl (C=O) groups excluding carboxylic acids is 1. The standard InChI is InChI=1S/C24H28BrN3O2/c1-18(25)17-28-22-9-6-5-8-21(22)27-23(28)10-4-3-7-15-26-24(29)16-19-11-13-20(30-2)14-12-19/h5-6,8-9,11-14H,1,3-4,7,10,15-17H2,2H3,(H,26,29). The number of unbranched alkanes of at least 4 members (excludes halogenated alkanes) is 2. The zero-order valence-electron chi connectivity index (χ0n) is 17.4. The van der Waals surface area contributed by atoms with Crippen molar-refractivity contribution in [2.45, 2.75) is 38.6 Å². The van der Waals surface area contributed by atoms with Crippen molar-refractivity contribution in [3.63, 3.8) is 0 Å². The first-order valence-electron chi connectivity index (χ1n) is 10.2. The van der Waals surface area contributed by atoms with Crippen LogP contribution in [0.2, 0.25) is 0 Å². The largest absolute Gasteiger partial charge is 0.497 e. The van der Waals surface area contributed by atoms with Crippen molar-refractivity contribution >= 4 is 32.9 Å². The van der Waals surface area contributed by atoms with Crippen molar-refractivity contribution in [1.82, 2.24) is 14.9 Å². The van der Waals surface area contributed by atoms with Crippen molar-refractivity contribution in [3.8, 4) is 5.75 Å². The number of hydrogen-bond acceptors (Lipinski definition) is 3. The number of aryl methyl sites for hydroxylation is 1. The van der Waals surface area contributed by atoms with Crippen LogP contribution in [0.5, 0.6) is 5.75 Å². The van der Waals surface area contributed by atoms with E-state index in [4.69, 9.17) is 9.72 Å². The summed E-state index contributed by atoms with van der Waals surface area (Å²) < 4.78 is 8.30. The molecule has 0 spiro atoms. The third kappa shape index (κ3) is 6.20. The molecule has 6 heteroatoms. The maximum atomic E-state index is 12.1. The Morgan fingerprint density at radius 1 is 1.13 bits per heavy atom. The van der Waals surface area contributed by atoms with Gasteiger partial charge in [-0.1, -0.05) is 53.2 Å².